The van der Waals surface area contributed by atoms with E-state index in [2.05, 4.69) is 20.3 Å². The average Bonchev–Trinajstić information content (AvgIpc) is 3.11. The van der Waals surface area contributed by atoms with Gasteiger partial charge in [-0.2, -0.15) is 0 Å². The number of rotatable bonds is 3. The molecule has 2 aliphatic heterocycles. The molecule has 4 heterocycles. The number of benzene rings is 1. The number of aliphatic hydroxyl groups is 1. The summed E-state index contributed by atoms with van der Waals surface area (Å²) in [7, 11) is 0. The molecule has 2 atom stereocenters. The van der Waals surface area contributed by atoms with Gasteiger partial charge in [-0.05, 0) is 32.4 Å². The normalized spacial score (nSPS) is 23.0. The van der Waals surface area contributed by atoms with Crippen LogP contribution >= 0.6 is 0 Å². The topological polar surface area (TPSA) is 94.3 Å². The number of hydrogen-bond acceptors (Lipinski definition) is 7. The van der Waals surface area contributed by atoms with Crippen molar-refractivity contribution < 1.29 is 23.4 Å². The fourth-order valence-corrected chi connectivity index (χ4v) is 4.25. The molecular weight excluding hydrogens is 408 g/mol. The standard InChI is InChI=1S/C21H23F2N5O3/c1-21(2)10-31-9-17-26-19-12(22)5-11(6-15(19)28(17)21)18-13(23)7-24-20(27-18)25-14-3-4-30-8-16(14)29/h5-7,14,16,29H,3-4,8-10H2,1-2H3,(H,24,25,27)/t14-,16-/m1/s1. The van der Waals surface area contributed by atoms with E-state index in [9.17, 15) is 13.9 Å². The van der Waals surface area contributed by atoms with Gasteiger partial charge in [0.2, 0.25) is 5.95 Å². The van der Waals surface area contributed by atoms with Crippen LogP contribution in [0.2, 0.25) is 0 Å². The van der Waals surface area contributed by atoms with Gasteiger partial charge in [-0.15, -0.1) is 0 Å². The Hall–Kier alpha value is -2.69. The maximum absolute atomic E-state index is 15.0. The molecule has 31 heavy (non-hydrogen) atoms. The Bertz CT molecular complexity index is 1150. The first-order valence-corrected chi connectivity index (χ1v) is 10.2. The van der Waals surface area contributed by atoms with Gasteiger partial charge >= 0.3 is 0 Å². The van der Waals surface area contributed by atoms with Crippen LogP contribution in [0.5, 0.6) is 0 Å². The fourth-order valence-electron chi connectivity index (χ4n) is 4.25. The number of nitrogens with one attached hydrogen (secondary N) is 1. The van der Waals surface area contributed by atoms with Crippen molar-refractivity contribution in [3.05, 3.63) is 35.8 Å². The molecule has 0 spiro atoms. The van der Waals surface area contributed by atoms with Gasteiger partial charge in [0, 0.05) is 12.2 Å². The second-order valence-electron chi connectivity index (χ2n) is 8.57. The lowest BCUT2D eigenvalue weighted by Crippen LogP contribution is -2.42. The Morgan fingerprint density at radius 3 is 2.84 bits per heavy atom. The van der Waals surface area contributed by atoms with E-state index in [0.717, 1.165) is 6.20 Å². The molecule has 3 aromatic rings. The smallest absolute Gasteiger partial charge is 0.223 e. The lowest BCUT2D eigenvalue weighted by atomic mass is 10.0. The zero-order valence-corrected chi connectivity index (χ0v) is 17.2. The molecule has 0 unspecified atom stereocenters. The Labute approximate surface area is 177 Å². The SMILES string of the molecule is CC1(C)COCc2nc3c(F)cc(-c4nc(N[C@@H]5CCOC[C@H]5O)ncc4F)cc3n21. The van der Waals surface area contributed by atoms with Crippen molar-refractivity contribution in [3.8, 4) is 11.3 Å². The van der Waals surface area contributed by atoms with Crippen LogP contribution in [-0.4, -0.2) is 56.6 Å². The van der Waals surface area contributed by atoms with Gasteiger partial charge in [0.1, 0.15) is 23.6 Å². The van der Waals surface area contributed by atoms with Crippen molar-refractivity contribution in [2.75, 3.05) is 25.1 Å². The highest BCUT2D eigenvalue weighted by molar-refractivity contribution is 5.83. The summed E-state index contributed by atoms with van der Waals surface area (Å²) in [5, 5.41) is 13.1. The number of fused-ring (bicyclic) bond motifs is 3. The van der Waals surface area contributed by atoms with Gasteiger partial charge in [0.05, 0.1) is 42.6 Å². The predicted octanol–water partition coefficient (Wildman–Crippen LogP) is 2.60. The summed E-state index contributed by atoms with van der Waals surface area (Å²) in [6.07, 6.45) is 0.890. The van der Waals surface area contributed by atoms with E-state index in [4.69, 9.17) is 9.47 Å². The highest BCUT2D eigenvalue weighted by Gasteiger charge is 2.32. The van der Waals surface area contributed by atoms with E-state index >= 15 is 0 Å². The summed E-state index contributed by atoms with van der Waals surface area (Å²) in [4.78, 5) is 12.7. The van der Waals surface area contributed by atoms with E-state index in [1.54, 1.807) is 6.07 Å². The second kappa shape index (κ2) is 7.47. The third kappa shape index (κ3) is 3.54. The minimum absolute atomic E-state index is 0.0275. The molecule has 0 bridgehead atoms. The van der Waals surface area contributed by atoms with Gasteiger partial charge in [-0.1, -0.05) is 0 Å². The molecule has 1 saturated heterocycles. The van der Waals surface area contributed by atoms with Gasteiger partial charge in [-0.25, -0.2) is 23.7 Å². The maximum Gasteiger partial charge on any atom is 0.223 e. The monoisotopic (exact) mass is 431 g/mol. The number of ether oxygens (including phenoxy) is 2. The van der Waals surface area contributed by atoms with E-state index in [0.29, 0.717) is 31.0 Å². The van der Waals surface area contributed by atoms with E-state index < -0.39 is 23.3 Å². The first-order chi connectivity index (χ1) is 14.8. The highest BCUT2D eigenvalue weighted by Crippen LogP contribution is 2.34. The molecule has 0 saturated carbocycles. The lowest BCUT2D eigenvalue weighted by Gasteiger charge is -2.33. The van der Waals surface area contributed by atoms with Crippen molar-refractivity contribution in [2.45, 2.75) is 44.6 Å². The third-order valence-corrected chi connectivity index (χ3v) is 5.73. The number of anilines is 1. The molecule has 1 fully saturated rings. The minimum Gasteiger partial charge on any atom is -0.389 e. The van der Waals surface area contributed by atoms with Crippen molar-refractivity contribution in [3.63, 3.8) is 0 Å². The van der Waals surface area contributed by atoms with E-state index in [-0.39, 0.29) is 42.0 Å². The van der Waals surface area contributed by atoms with Crippen LogP contribution in [0.25, 0.3) is 22.3 Å². The van der Waals surface area contributed by atoms with Gasteiger partial charge in [0.15, 0.2) is 11.6 Å². The molecule has 2 aromatic heterocycles. The Kier molecular flexibility index (Phi) is 4.87. The van der Waals surface area contributed by atoms with Crippen LogP contribution in [0.4, 0.5) is 14.7 Å². The Morgan fingerprint density at radius 2 is 2.03 bits per heavy atom. The average molecular weight is 431 g/mol. The lowest BCUT2D eigenvalue weighted by molar-refractivity contribution is -0.0136. The minimum atomic E-state index is -0.720. The van der Waals surface area contributed by atoms with Crippen LogP contribution in [0.15, 0.2) is 18.3 Å². The highest BCUT2D eigenvalue weighted by atomic mass is 19.1. The quantitative estimate of drug-likeness (QED) is 0.658. The molecule has 0 aliphatic carbocycles. The number of nitrogens with zero attached hydrogens (tertiary/aromatic N) is 4. The zero-order valence-electron chi connectivity index (χ0n) is 17.2. The summed E-state index contributed by atoms with van der Waals surface area (Å²) in [6.45, 7) is 5.41. The van der Waals surface area contributed by atoms with Gasteiger partial charge < -0.3 is 24.5 Å². The van der Waals surface area contributed by atoms with E-state index in [1.165, 1.54) is 6.07 Å². The summed E-state index contributed by atoms with van der Waals surface area (Å²) in [6, 6.07) is 2.61. The summed E-state index contributed by atoms with van der Waals surface area (Å²) in [5.41, 5.74) is 0.607. The van der Waals surface area contributed by atoms with Crippen LogP contribution in [0.3, 0.4) is 0 Å². The first kappa shape index (κ1) is 20.2. The number of aromatic nitrogens is 4. The Balaban J connectivity index is 1.58. The molecule has 5 rings (SSSR count). The Morgan fingerprint density at radius 1 is 1.19 bits per heavy atom. The number of halogens is 2. The largest absolute Gasteiger partial charge is 0.389 e. The molecule has 10 heteroatoms. The maximum atomic E-state index is 15.0. The molecule has 2 aliphatic rings. The zero-order chi connectivity index (χ0) is 21.8. The first-order valence-electron chi connectivity index (χ1n) is 10.2. The van der Waals surface area contributed by atoms with E-state index in [1.807, 2.05) is 18.4 Å². The molecule has 1 aromatic carbocycles. The number of aliphatic hydroxyl groups excluding tert-OH is 1. The van der Waals surface area contributed by atoms with Crippen LogP contribution in [-0.2, 0) is 21.6 Å². The van der Waals surface area contributed by atoms with Crippen LogP contribution in [0, 0.1) is 11.6 Å². The van der Waals surface area contributed by atoms with Crippen LogP contribution < -0.4 is 5.32 Å². The molecular formula is C21H23F2N5O3. The number of imidazole rings is 1. The number of hydrogen-bond donors (Lipinski definition) is 2. The van der Waals surface area contributed by atoms with Crippen molar-refractivity contribution >= 4 is 17.0 Å². The molecule has 0 radical (unpaired) electrons. The van der Waals surface area contributed by atoms with Crippen molar-refractivity contribution in [1.82, 2.24) is 19.5 Å². The predicted molar refractivity (Wildman–Crippen MR) is 109 cm³/mol. The van der Waals surface area contributed by atoms with Gasteiger partial charge in [0.25, 0.3) is 0 Å². The molecule has 8 nitrogen and oxygen atoms in total. The van der Waals surface area contributed by atoms with Crippen molar-refractivity contribution in [1.29, 1.82) is 0 Å². The van der Waals surface area contributed by atoms with Gasteiger partial charge in [-0.3, -0.25) is 0 Å². The second-order valence-corrected chi connectivity index (χ2v) is 8.57. The summed E-state index contributed by atoms with van der Waals surface area (Å²) < 4.78 is 42.4. The molecule has 2 N–H and O–H groups in total. The molecule has 0 amide bonds. The summed E-state index contributed by atoms with van der Waals surface area (Å²) >= 11 is 0. The van der Waals surface area contributed by atoms with Crippen molar-refractivity contribution in [2.24, 2.45) is 0 Å². The molecule has 164 valence electrons. The summed E-state index contributed by atoms with van der Waals surface area (Å²) in [5.74, 6) is -0.441. The third-order valence-electron chi connectivity index (χ3n) is 5.73. The van der Waals surface area contributed by atoms with Crippen LogP contribution in [0.1, 0.15) is 26.1 Å². The fraction of sp³-hybridized carbons (Fsp3) is 0.476.